The minimum Gasteiger partial charge on any atom is -0.477 e. The van der Waals surface area contributed by atoms with Crippen molar-refractivity contribution in [1.82, 2.24) is 35.0 Å². The van der Waals surface area contributed by atoms with Gasteiger partial charge in [0.1, 0.15) is 18.1 Å². The van der Waals surface area contributed by atoms with Gasteiger partial charge in [0.05, 0.1) is 24.5 Å². The van der Waals surface area contributed by atoms with Crippen LogP contribution >= 0.6 is 11.6 Å². The topological polar surface area (TPSA) is 199 Å². The fraction of sp³-hybridized carbons (Fsp3) is 0.278. The summed E-state index contributed by atoms with van der Waals surface area (Å²) < 4.78 is 6.50. The predicted molar refractivity (Wildman–Crippen MR) is 197 cm³/mol. The summed E-state index contributed by atoms with van der Waals surface area (Å²) in [4.78, 5) is 75.5. The number of anilines is 3. The number of H-pyrrole nitrogens is 1. The standard InChI is InChI=1S/C36H35ClN10O7/c1-54-15-14-43-10-11-44(32(48)20-43)26-6-2-22(3-7-26)16-31(33(49)39-25-5-8-27-23(17-25)18-28(40-27)36(52)53)46-13-12-45(34(50)35(46)51)30-19-24(37)4-9-29(30)47-21-38-41-42-47/h2-9,17-19,21,31,40H,10-16,20H2,1H3,(H,39,49)(H,52,53)/t31-/m0/s1. The number of aromatic amines is 1. The average Bonchev–Trinajstić information content (AvgIpc) is 3.86. The molecule has 5 aromatic rings. The number of nitrogens with one attached hydrogen (secondary N) is 2. The number of carboxylic acid groups (broad SMARTS) is 1. The Morgan fingerprint density at radius 2 is 1.74 bits per heavy atom. The monoisotopic (exact) mass is 754 g/mol. The molecule has 3 aromatic carbocycles. The molecule has 0 aliphatic carbocycles. The second-order valence-corrected chi connectivity index (χ2v) is 13.3. The first-order valence-corrected chi connectivity index (χ1v) is 17.4. The van der Waals surface area contributed by atoms with Crippen molar-refractivity contribution in [2.24, 2.45) is 0 Å². The Balaban J connectivity index is 1.14. The molecule has 18 heteroatoms. The highest BCUT2D eigenvalue weighted by molar-refractivity contribution is 6.41. The maximum atomic E-state index is 14.1. The zero-order chi connectivity index (χ0) is 37.9. The molecule has 0 unspecified atom stereocenters. The van der Waals surface area contributed by atoms with Crippen LogP contribution < -0.4 is 15.1 Å². The number of fused-ring (bicyclic) bond motifs is 1. The third kappa shape index (κ3) is 7.50. The minimum absolute atomic E-state index is 0.00295. The van der Waals surface area contributed by atoms with Gasteiger partial charge in [0.15, 0.2) is 0 Å². The highest BCUT2D eigenvalue weighted by Gasteiger charge is 2.41. The molecule has 2 fully saturated rings. The van der Waals surface area contributed by atoms with Gasteiger partial charge in [0.25, 0.3) is 0 Å². The van der Waals surface area contributed by atoms with Crippen LogP contribution in [0.2, 0.25) is 5.02 Å². The van der Waals surface area contributed by atoms with Gasteiger partial charge < -0.3 is 34.8 Å². The van der Waals surface area contributed by atoms with E-state index >= 15 is 0 Å². The van der Waals surface area contributed by atoms with Crippen LogP contribution in [0.3, 0.4) is 0 Å². The number of hydrogen-bond donors (Lipinski definition) is 3. The van der Waals surface area contributed by atoms with E-state index in [-0.39, 0.29) is 37.7 Å². The lowest BCUT2D eigenvalue weighted by atomic mass is 10.0. The van der Waals surface area contributed by atoms with Crippen LogP contribution in [0.15, 0.2) is 73.1 Å². The number of methoxy groups -OCH3 is 1. The molecule has 3 N–H and O–H groups in total. The van der Waals surface area contributed by atoms with E-state index in [1.165, 1.54) is 26.9 Å². The van der Waals surface area contributed by atoms with Crippen molar-refractivity contribution in [2.45, 2.75) is 12.5 Å². The van der Waals surface area contributed by atoms with E-state index < -0.39 is 29.7 Å². The van der Waals surface area contributed by atoms with Gasteiger partial charge in [-0.3, -0.25) is 24.1 Å². The summed E-state index contributed by atoms with van der Waals surface area (Å²) in [6.07, 6.45) is 1.40. The smallest absolute Gasteiger partial charge is 0.352 e. The van der Waals surface area contributed by atoms with Gasteiger partial charge in [0, 0.05) is 73.6 Å². The van der Waals surface area contributed by atoms with Crippen LogP contribution in [-0.2, 0) is 30.3 Å². The van der Waals surface area contributed by atoms with Crippen molar-refractivity contribution in [2.75, 3.05) is 68.1 Å². The Labute approximate surface area is 313 Å². The Kier molecular flexibility index (Phi) is 10.3. The van der Waals surface area contributed by atoms with Crippen molar-refractivity contribution >= 4 is 69.2 Å². The molecule has 7 rings (SSSR count). The second-order valence-electron chi connectivity index (χ2n) is 12.8. The summed E-state index contributed by atoms with van der Waals surface area (Å²) in [7, 11) is 1.62. The molecular formula is C36H35ClN10O7. The summed E-state index contributed by atoms with van der Waals surface area (Å²) in [5.41, 5.74) is 3.07. The SMILES string of the molecule is COCCN1CCN(c2ccc(C[C@@H](C(=O)Nc3ccc4[nH]c(C(=O)O)cc4c3)N3CCN(c4cc(Cl)ccc4-n4cnnn4)C(=O)C3=O)cc2)C(=O)C1. The van der Waals surface area contributed by atoms with Crippen molar-refractivity contribution in [3.8, 4) is 5.69 Å². The van der Waals surface area contributed by atoms with Gasteiger partial charge in [-0.2, -0.15) is 4.68 Å². The van der Waals surface area contributed by atoms with E-state index in [4.69, 9.17) is 16.3 Å². The van der Waals surface area contributed by atoms with Crippen molar-refractivity contribution in [3.63, 3.8) is 0 Å². The van der Waals surface area contributed by atoms with E-state index in [1.807, 2.05) is 4.90 Å². The maximum Gasteiger partial charge on any atom is 0.352 e. The lowest BCUT2D eigenvalue weighted by molar-refractivity contribution is -0.149. The molecule has 17 nitrogen and oxygen atoms in total. The maximum absolute atomic E-state index is 14.1. The van der Waals surface area contributed by atoms with Crippen LogP contribution in [0.4, 0.5) is 17.1 Å². The zero-order valence-corrected chi connectivity index (χ0v) is 29.8. The summed E-state index contributed by atoms with van der Waals surface area (Å²) in [5.74, 6) is -3.49. The van der Waals surface area contributed by atoms with Gasteiger partial charge in [-0.15, -0.1) is 5.10 Å². The molecule has 1 atom stereocenters. The zero-order valence-electron chi connectivity index (χ0n) is 29.0. The lowest BCUT2D eigenvalue weighted by Crippen LogP contribution is -2.60. The van der Waals surface area contributed by atoms with Crippen LogP contribution in [0, 0.1) is 0 Å². The van der Waals surface area contributed by atoms with Crippen LogP contribution in [-0.4, -0.2) is 129 Å². The molecule has 4 heterocycles. The summed E-state index contributed by atoms with van der Waals surface area (Å²) >= 11 is 6.31. The molecule has 54 heavy (non-hydrogen) atoms. The first-order chi connectivity index (χ1) is 26.1. The highest BCUT2D eigenvalue weighted by Crippen LogP contribution is 2.30. The number of hydrogen-bond acceptors (Lipinski definition) is 10. The van der Waals surface area contributed by atoms with E-state index in [0.717, 1.165) is 0 Å². The Hall–Kier alpha value is -6.17. The Morgan fingerprint density at radius 3 is 2.46 bits per heavy atom. The normalized spacial score (nSPS) is 16.0. The fourth-order valence-electron chi connectivity index (χ4n) is 6.69. The molecule has 0 bridgehead atoms. The summed E-state index contributed by atoms with van der Waals surface area (Å²) in [6, 6.07) is 17.2. The number of aromatic carboxylic acids is 1. The first-order valence-electron chi connectivity index (χ1n) is 17.0. The van der Waals surface area contributed by atoms with Crippen LogP contribution in [0.25, 0.3) is 16.6 Å². The van der Waals surface area contributed by atoms with Crippen molar-refractivity contribution in [1.29, 1.82) is 0 Å². The average molecular weight is 755 g/mol. The summed E-state index contributed by atoms with van der Waals surface area (Å²) in [5, 5.41) is 24.4. The largest absolute Gasteiger partial charge is 0.477 e. The molecule has 0 spiro atoms. The van der Waals surface area contributed by atoms with Crippen molar-refractivity contribution in [3.05, 3.63) is 89.3 Å². The van der Waals surface area contributed by atoms with E-state index in [1.54, 1.807) is 72.7 Å². The van der Waals surface area contributed by atoms with Gasteiger partial charge in [-0.1, -0.05) is 23.7 Å². The number of rotatable bonds is 12. The molecule has 2 aromatic heterocycles. The quantitative estimate of drug-likeness (QED) is 0.158. The number of aromatic nitrogens is 5. The van der Waals surface area contributed by atoms with Gasteiger partial charge in [0.2, 0.25) is 11.8 Å². The molecule has 0 saturated carbocycles. The number of piperazine rings is 2. The summed E-state index contributed by atoms with van der Waals surface area (Å²) in [6.45, 7) is 2.71. The number of nitrogens with zero attached hydrogens (tertiary/aromatic N) is 8. The predicted octanol–water partition coefficient (Wildman–Crippen LogP) is 2.22. The molecule has 278 valence electrons. The molecule has 0 radical (unpaired) electrons. The fourth-order valence-corrected chi connectivity index (χ4v) is 6.86. The minimum atomic E-state index is -1.13. The van der Waals surface area contributed by atoms with E-state index in [9.17, 15) is 29.1 Å². The second kappa shape index (κ2) is 15.4. The highest BCUT2D eigenvalue weighted by atomic mass is 35.5. The number of carbonyl (C=O) groups excluding carboxylic acids is 4. The Bertz CT molecular complexity index is 2230. The van der Waals surface area contributed by atoms with Crippen LogP contribution in [0.5, 0.6) is 0 Å². The number of benzene rings is 3. The molecule has 2 saturated heterocycles. The molecule has 2 aliphatic rings. The molecular weight excluding hydrogens is 720 g/mol. The third-order valence-corrected chi connectivity index (χ3v) is 9.70. The first kappa shape index (κ1) is 36.2. The number of halogens is 1. The number of ether oxygens (including phenoxy) is 1. The Morgan fingerprint density at radius 1 is 0.944 bits per heavy atom. The van der Waals surface area contributed by atoms with Gasteiger partial charge in [-0.05, 0) is 70.6 Å². The lowest BCUT2D eigenvalue weighted by Gasteiger charge is -2.38. The number of carboxylic acids is 1. The van der Waals surface area contributed by atoms with Gasteiger partial charge >= 0.3 is 17.8 Å². The number of tetrazole rings is 1. The number of amides is 4. The third-order valence-electron chi connectivity index (χ3n) is 9.46. The molecule has 4 amide bonds. The van der Waals surface area contributed by atoms with Gasteiger partial charge in [-0.25, -0.2) is 4.79 Å². The van der Waals surface area contributed by atoms with E-state index in [0.29, 0.717) is 70.5 Å². The van der Waals surface area contributed by atoms with Crippen molar-refractivity contribution < 1.29 is 33.8 Å². The molecule has 2 aliphatic heterocycles. The van der Waals surface area contributed by atoms with E-state index in [2.05, 4.69) is 25.8 Å². The number of carbonyl (C=O) groups is 5. The van der Waals surface area contributed by atoms with Crippen LogP contribution in [0.1, 0.15) is 16.1 Å².